The largest absolute Gasteiger partial charge is 0.324 e. The zero-order valence-electron chi connectivity index (χ0n) is 14.2. The Kier molecular flexibility index (Phi) is 4.15. The molecule has 1 saturated heterocycles. The van der Waals surface area contributed by atoms with Gasteiger partial charge < -0.3 is 5.32 Å². The Balaban J connectivity index is 1.46. The summed E-state index contributed by atoms with van der Waals surface area (Å²) in [7, 11) is 0. The molecular formula is C20H22N2O3. The molecule has 3 aliphatic rings. The van der Waals surface area contributed by atoms with Crippen molar-refractivity contribution in [2.75, 3.05) is 11.9 Å². The highest BCUT2D eigenvalue weighted by Crippen LogP contribution is 2.35. The van der Waals surface area contributed by atoms with Gasteiger partial charge in [-0.05, 0) is 55.7 Å². The number of hydrogen-bond acceptors (Lipinski definition) is 3. The molecule has 0 radical (unpaired) electrons. The van der Waals surface area contributed by atoms with Crippen molar-refractivity contribution in [2.24, 2.45) is 11.8 Å². The number of amides is 3. The van der Waals surface area contributed by atoms with Crippen molar-refractivity contribution in [1.82, 2.24) is 4.90 Å². The lowest BCUT2D eigenvalue weighted by Gasteiger charge is -2.20. The maximum Gasteiger partial charge on any atom is 0.244 e. The summed E-state index contributed by atoms with van der Waals surface area (Å²) in [5.74, 6) is -1.27. The Labute approximate surface area is 147 Å². The first kappa shape index (κ1) is 16.1. The smallest absolute Gasteiger partial charge is 0.244 e. The number of fused-ring (bicyclic) bond motifs is 2. The topological polar surface area (TPSA) is 66.5 Å². The molecule has 1 aromatic rings. The van der Waals surface area contributed by atoms with Gasteiger partial charge in [-0.2, -0.15) is 0 Å². The summed E-state index contributed by atoms with van der Waals surface area (Å²) < 4.78 is 0. The molecule has 0 aromatic heterocycles. The maximum atomic E-state index is 12.5. The van der Waals surface area contributed by atoms with Crippen LogP contribution >= 0.6 is 0 Å². The van der Waals surface area contributed by atoms with Gasteiger partial charge in [-0.25, -0.2) is 0 Å². The van der Waals surface area contributed by atoms with Crippen molar-refractivity contribution in [3.63, 3.8) is 0 Å². The highest BCUT2D eigenvalue weighted by atomic mass is 16.2. The lowest BCUT2D eigenvalue weighted by molar-refractivity contribution is -0.142. The SMILES string of the molecule is O=C(CN1C(=O)C2CC=CCC2C1=O)Nc1cccc2c1CCCC2. The van der Waals surface area contributed by atoms with Gasteiger partial charge in [0.05, 0.1) is 11.8 Å². The molecule has 2 unspecified atom stereocenters. The lowest BCUT2D eigenvalue weighted by Crippen LogP contribution is -2.38. The van der Waals surface area contributed by atoms with E-state index in [-0.39, 0.29) is 36.1 Å². The Morgan fingerprint density at radius 3 is 2.44 bits per heavy atom. The lowest BCUT2D eigenvalue weighted by atomic mass is 9.85. The Morgan fingerprint density at radius 1 is 1.04 bits per heavy atom. The molecule has 25 heavy (non-hydrogen) atoms. The Morgan fingerprint density at radius 2 is 1.72 bits per heavy atom. The summed E-state index contributed by atoms with van der Waals surface area (Å²) in [4.78, 5) is 38.5. The van der Waals surface area contributed by atoms with Gasteiger partial charge >= 0.3 is 0 Å². The molecule has 130 valence electrons. The number of likely N-dealkylation sites (tertiary alicyclic amines) is 1. The monoisotopic (exact) mass is 338 g/mol. The van der Waals surface area contributed by atoms with E-state index in [0.717, 1.165) is 29.8 Å². The standard InChI is InChI=1S/C20H22N2O3/c23-18(21-17-11-5-7-13-6-1-2-8-14(13)17)12-22-19(24)15-9-3-4-10-16(15)20(22)25/h3-5,7,11,15-16H,1-2,6,8-10,12H2,(H,21,23). The van der Waals surface area contributed by atoms with Gasteiger partial charge in [-0.15, -0.1) is 0 Å². The second kappa shape index (κ2) is 6.47. The van der Waals surface area contributed by atoms with Crippen LogP contribution in [0.15, 0.2) is 30.4 Å². The molecule has 1 aliphatic heterocycles. The van der Waals surface area contributed by atoms with Crippen LogP contribution in [0, 0.1) is 11.8 Å². The first-order chi connectivity index (χ1) is 12.1. The van der Waals surface area contributed by atoms with Crippen molar-refractivity contribution >= 4 is 23.4 Å². The maximum absolute atomic E-state index is 12.5. The molecule has 0 bridgehead atoms. The number of benzene rings is 1. The van der Waals surface area contributed by atoms with Crippen LogP contribution in [-0.2, 0) is 27.2 Å². The first-order valence-corrected chi connectivity index (χ1v) is 9.06. The van der Waals surface area contributed by atoms with E-state index in [2.05, 4.69) is 11.4 Å². The van der Waals surface area contributed by atoms with E-state index < -0.39 is 0 Å². The number of nitrogens with one attached hydrogen (secondary N) is 1. The highest BCUT2D eigenvalue weighted by Gasteiger charge is 2.47. The number of anilines is 1. The summed E-state index contributed by atoms with van der Waals surface area (Å²) >= 11 is 0. The third-order valence-electron chi connectivity index (χ3n) is 5.57. The van der Waals surface area contributed by atoms with Gasteiger partial charge in [-0.3, -0.25) is 19.3 Å². The predicted octanol–water partition coefficient (Wildman–Crippen LogP) is 2.46. The van der Waals surface area contributed by atoms with Crippen LogP contribution in [0.2, 0.25) is 0 Å². The summed E-state index contributed by atoms with van der Waals surface area (Å²) in [5.41, 5.74) is 3.30. The Bertz CT molecular complexity index is 742. The van der Waals surface area contributed by atoms with E-state index in [9.17, 15) is 14.4 Å². The molecule has 2 atom stereocenters. The van der Waals surface area contributed by atoms with E-state index in [1.807, 2.05) is 24.3 Å². The van der Waals surface area contributed by atoms with Crippen LogP contribution in [0.25, 0.3) is 0 Å². The van der Waals surface area contributed by atoms with E-state index in [4.69, 9.17) is 0 Å². The normalized spacial score (nSPS) is 24.9. The molecule has 0 saturated carbocycles. The number of carbonyl (C=O) groups is 3. The molecule has 3 amide bonds. The predicted molar refractivity (Wildman–Crippen MR) is 93.8 cm³/mol. The summed E-state index contributed by atoms with van der Waals surface area (Å²) in [6.07, 6.45) is 9.40. The number of nitrogens with zero attached hydrogens (tertiary/aromatic N) is 1. The van der Waals surface area contributed by atoms with E-state index in [1.165, 1.54) is 17.5 Å². The van der Waals surface area contributed by atoms with E-state index in [0.29, 0.717) is 12.8 Å². The fraction of sp³-hybridized carbons (Fsp3) is 0.450. The van der Waals surface area contributed by atoms with Crippen molar-refractivity contribution in [3.05, 3.63) is 41.5 Å². The van der Waals surface area contributed by atoms with Gasteiger partial charge in [0.25, 0.3) is 0 Å². The minimum absolute atomic E-state index is 0.186. The summed E-state index contributed by atoms with van der Waals surface area (Å²) in [5, 5.41) is 2.92. The van der Waals surface area contributed by atoms with Gasteiger partial charge in [0, 0.05) is 5.69 Å². The molecule has 2 aliphatic carbocycles. The number of rotatable bonds is 3. The quantitative estimate of drug-likeness (QED) is 0.680. The van der Waals surface area contributed by atoms with Crippen molar-refractivity contribution in [3.8, 4) is 0 Å². The number of carbonyl (C=O) groups excluding carboxylic acids is 3. The third-order valence-corrected chi connectivity index (χ3v) is 5.57. The minimum atomic E-state index is -0.299. The first-order valence-electron chi connectivity index (χ1n) is 9.06. The molecule has 1 heterocycles. The summed E-state index contributed by atoms with van der Waals surface area (Å²) in [6.45, 7) is -0.186. The number of allylic oxidation sites excluding steroid dienone is 2. The summed E-state index contributed by atoms with van der Waals surface area (Å²) in [6, 6.07) is 5.96. The molecule has 1 aromatic carbocycles. The van der Waals surface area contributed by atoms with E-state index in [1.54, 1.807) is 0 Å². The second-order valence-corrected chi connectivity index (χ2v) is 7.12. The van der Waals surface area contributed by atoms with Crippen molar-refractivity contribution in [2.45, 2.75) is 38.5 Å². The second-order valence-electron chi connectivity index (χ2n) is 7.12. The molecular weight excluding hydrogens is 316 g/mol. The van der Waals surface area contributed by atoms with Gasteiger partial charge in [0.2, 0.25) is 17.7 Å². The molecule has 1 N–H and O–H groups in total. The van der Waals surface area contributed by atoms with E-state index >= 15 is 0 Å². The van der Waals surface area contributed by atoms with Crippen LogP contribution in [0.1, 0.15) is 36.8 Å². The number of aryl methyl sites for hydroxylation is 1. The molecule has 5 heteroatoms. The average Bonchev–Trinajstić information content (AvgIpc) is 2.87. The minimum Gasteiger partial charge on any atom is -0.324 e. The van der Waals surface area contributed by atoms with Crippen LogP contribution in [0.5, 0.6) is 0 Å². The molecule has 4 rings (SSSR count). The fourth-order valence-electron chi connectivity index (χ4n) is 4.26. The highest BCUT2D eigenvalue weighted by molar-refractivity contribution is 6.09. The zero-order valence-corrected chi connectivity index (χ0v) is 14.2. The van der Waals surface area contributed by atoms with Crippen molar-refractivity contribution in [1.29, 1.82) is 0 Å². The van der Waals surface area contributed by atoms with Gasteiger partial charge in [-0.1, -0.05) is 24.3 Å². The fourth-order valence-corrected chi connectivity index (χ4v) is 4.26. The zero-order chi connectivity index (χ0) is 17.4. The molecule has 5 nitrogen and oxygen atoms in total. The number of imide groups is 1. The Hall–Kier alpha value is -2.43. The molecule has 1 fully saturated rings. The van der Waals surface area contributed by atoms with Crippen LogP contribution in [-0.4, -0.2) is 29.2 Å². The average molecular weight is 338 g/mol. The van der Waals surface area contributed by atoms with Crippen molar-refractivity contribution < 1.29 is 14.4 Å². The third kappa shape index (κ3) is 2.88. The molecule has 0 spiro atoms. The van der Waals surface area contributed by atoms with Gasteiger partial charge in [0.1, 0.15) is 6.54 Å². The van der Waals surface area contributed by atoms with Crippen LogP contribution < -0.4 is 5.32 Å². The van der Waals surface area contributed by atoms with Crippen LogP contribution in [0.3, 0.4) is 0 Å². The number of hydrogen-bond donors (Lipinski definition) is 1. The van der Waals surface area contributed by atoms with Crippen LogP contribution in [0.4, 0.5) is 5.69 Å². The van der Waals surface area contributed by atoms with Gasteiger partial charge in [0.15, 0.2) is 0 Å².